The summed E-state index contributed by atoms with van der Waals surface area (Å²) in [4.78, 5) is 23.7. The van der Waals surface area contributed by atoms with E-state index in [0.29, 0.717) is 22.7 Å². The van der Waals surface area contributed by atoms with Crippen LogP contribution in [0.3, 0.4) is 0 Å². The van der Waals surface area contributed by atoms with E-state index < -0.39 is 6.04 Å². The van der Waals surface area contributed by atoms with E-state index in [1.807, 2.05) is 42.5 Å². The summed E-state index contributed by atoms with van der Waals surface area (Å²) in [6.45, 7) is 0.207. The van der Waals surface area contributed by atoms with Gasteiger partial charge in [-0.25, -0.2) is 4.68 Å². The second-order valence-corrected chi connectivity index (χ2v) is 5.84. The van der Waals surface area contributed by atoms with E-state index >= 15 is 0 Å². The Bertz CT molecular complexity index is 925. The van der Waals surface area contributed by atoms with E-state index in [-0.39, 0.29) is 12.1 Å². The standard InChI is InChI=1S/C19H16ClN3O2/c20-16-8-4-5-9-18(16)21-12-15(13-24)23-19(25)11-10-17(22-23)14-6-2-1-3-7-14/h1-11,13,15,21H,12H2. The first kappa shape index (κ1) is 16.9. The zero-order valence-electron chi connectivity index (χ0n) is 13.3. The van der Waals surface area contributed by atoms with Gasteiger partial charge in [-0.2, -0.15) is 5.10 Å². The number of nitrogens with zero attached hydrogens (tertiary/aromatic N) is 2. The van der Waals surface area contributed by atoms with Crippen LogP contribution in [0, 0.1) is 0 Å². The van der Waals surface area contributed by atoms with Crippen LogP contribution in [0.25, 0.3) is 11.3 Å². The summed E-state index contributed by atoms with van der Waals surface area (Å²) in [6.07, 6.45) is 0.701. The molecule has 1 aromatic heterocycles. The Labute approximate surface area is 149 Å². The highest BCUT2D eigenvalue weighted by Crippen LogP contribution is 2.21. The number of rotatable bonds is 6. The first-order chi connectivity index (χ1) is 12.2. The van der Waals surface area contributed by atoms with E-state index in [2.05, 4.69) is 10.4 Å². The minimum Gasteiger partial charge on any atom is -0.381 e. The van der Waals surface area contributed by atoms with Crippen LogP contribution in [0.5, 0.6) is 0 Å². The fourth-order valence-electron chi connectivity index (χ4n) is 2.44. The van der Waals surface area contributed by atoms with Crippen molar-refractivity contribution in [1.29, 1.82) is 0 Å². The van der Waals surface area contributed by atoms with Crippen LogP contribution in [0.2, 0.25) is 5.02 Å². The molecule has 0 saturated heterocycles. The second-order valence-electron chi connectivity index (χ2n) is 5.43. The van der Waals surface area contributed by atoms with Gasteiger partial charge in [0.25, 0.3) is 5.56 Å². The van der Waals surface area contributed by atoms with Gasteiger partial charge in [0.05, 0.1) is 16.4 Å². The molecule has 0 radical (unpaired) electrons. The smallest absolute Gasteiger partial charge is 0.267 e. The quantitative estimate of drug-likeness (QED) is 0.690. The molecule has 0 aliphatic heterocycles. The monoisotopic (exact) mass is 353 g/mol. The van der Waals surface area contributed by atoms with Crippen LogP contribution in [-0.2, 0) is 4.79 Å². The molecule has 1 N–H and O–H groups in total. The van der Waals surface area contributed by atoms with E-state index in [1.165, 1.54) is 10.7 Å². The lowest BCUT2D eigenvalue weighted by atomic mass is 10.1. The summed E-state index contributed by atoms with van der Waals surface area (Å²) in [7, 11) is 0. The largest absolute Gasteiger partial charge is 0.381 e. The van der Waals surface area contributed by atoms with Gasteiger partial charge in [0.1, 0.15) is 12.3 Å². The molecule has 5 nitrogen and oxygen atoms in total. The predicted molar refractivity (Wildman–Crippen MR) is 99.0 cm³/mol. The number of anilines is 1. The highest BCUT2D eigenvalue weighted by Gasteiger charge is 2.14. The number of benzene rings is 2. The van der Waals surface area contributed by atoms with Crippen molar-refractivity contribution in [2.24, 2.45) is 0 Å². The Morgan fingerprint density at radius 2 is 1.76 bits per heavy atom. The van der Waals surface area contributed by atoms with Crippen LogP contribution in [0.1, 0.15) is 6.04 Å². The average Bonchev–Trinajstić information content (AvgIpc) is 2.65. The van der Waals surface area contributed by atoms with Crippen LogP contribution in [0.4, 0.5) is 5.69 Å². The van der Waals surface area contributed by atoms with Crippen molar-refractivity contribution in [2.75, 3.05) is 11.9 Å². The zero-order valence-corrected chi connectivity index (χ0v) is 14.1. The molecule has 0 spiro atoms. The fraction of sp³-hybridized carbons (Fsp3) is 0.105. The third-order valence-corrected chi connectivity index (χ3v) is 4.07. The molecule has 3 rings (SSSR count). The van der Waals surface area contributed by atoms with Gasteiger partial charge in [0.15, 0.2) is 0 Å². The van der Waals surface area contributed by atoms with Crippen LogP contribution in [0.15, 0.2) is 71.5 Å². The lowest BCUT2D eigenvalue weighted by Gasteiger charge is -2.16. The number of carbonyl (C=O) groups is 1. The van der Waals surface area contributed by atoms with Crippen molar-refractivity contribution in [1.82, 2.24) is 9.78 Å². The van der Waals surface area contributed by atoms with E-state index in [9.17, 15) is 9.59 Å². The number of halogens is 1. The van der Waals surface area contributed by atoms with Gasteiger partial charge in [0, 0.05) is 18.2 Å². The van der Waals surface area contributed by atoms with Gasteiger partial charge in [-0.15, -0.1) is 0 Å². The van der Waals surface area contributed by atoms with Crippen LogP contribution < -0.4 is 10.9 Å². The van der Waals surface area contributed by atoms with Crippen LogP contribution >= 0.6 is 11.6 Å². The maximum absolute atomic E-state index is 12.2. The molecule has 1 atom stereocenters. The summed E-state index contributed by atoms with van der Waals surface area (Å²) < 4.78 is 1.19. The summed E-state index contributed by atoms with van der Waals surface area (Å²) in [5, 5.41) is 7.98. The first-order valence-corrected chi connectivity index (χ1v) is 8.16. The van der Waals surface area contributed by atoms with Gasteiger partial charge in [-0.1, -0.05) is 54.1 Å². The van der Waals surface area contributed by atoms with E-state index in [1.54, 1.807) is 18.2 Å². The summed E-state index contributed by atoms with van der Waals surface area (Å²) in [6, 6.07) is 19.0. The molecule has 126 valence electrons. The molecule has 6 heteroatoms. The lowest BCUT2D eigenvalue weighted by molar-refractivity contribution is -0.110. The van der Waals surface area contributed by atoms with Crippen molar-refractivity contribution in [3.8, 4) is 11.3 Å². The Hall–Kier alpha value is -2.92. The molecule has 1 heterocycles. The lowest BCUT2D eigenvalue weighted by Crippen LogP contribution is -2.32. The molecule has 0 amide bonds. The number of aldehydes is 1. The number of carbonyl (C=O) groups excluding carboxylic acids is 1. The molecule has 2 aromatic carbocycles. The molecule has 0 aliphatic rings. The molecular weight excluding hydrogens is 338 g/mol. The molecule has 25 heavy (non-hydrogen) atoms. The normalized spacial score (nSPS) is 11.7. The Morgan fingerprint density at radius 3 is 2.48 bits per heavy atom. The van der Waals surface area contributed by atoms with Crippen LogP contribution in [-0.4, -0.2) is 22.6 Å². The third kappa shape index (κ3) is 3.95. The van der Waals surface area contributed by atoms with Gasteiger partial charge >= 0.3 is 0 Å². The average molecular weight is 354 g/mol. The SMILES string of the molecule is O=CC(CNc1ccccc1Cl)n1nc(-c2ccccc2)ccc1=O. The fourth-order valence-corrected chi connectivity index (χ4v) is 2.64. The van der Waals surface area contributed by atoms with Crippen molar-refractivity contribution in [3.05, 3.63) is 82.1 Å². The molecule has 0 saturated carbocycles. The Morgan fingerprint density at radius 1 is 1.04 bits per heavy atom. The highest BCUT2D eigenvalue weighted by molar-refractivity contribution is 6.33. The number of hydrogen-bond acceptors (Lipinski definition) is 4. The maximum Gasteiger partial charge on any atom is 0.267 e. The van der Waals surface area contributed by atoms with Gasteiger partial charge in [0.2, 0.25) is 0 Å². The zero-order chi connectivity index (χ0) is 17.6. The molecule has 0 aliphatic carbocycles. The molecule has 3 aromatic rings. The molecule has 0 bridgehead atoms. The second kappa shape index (κ2) is 7.77. The van der Waals surface area contributed by atoms with Crippen molar-refractivity contribution >= 4 is 23.6 Å². The molecule has 0 fully saturated rings. The van der Waals surface area contributed by atoms with Gasteiger partial charge in [-0.3, -0.25) is 4.79 Å². The van der Waals surface area contributed by atoms with E-state index in [0.717, 1.165) is 5.56 Å². The predicted octanol–water partition coefficient (Wildman–Crippen LogP) is 3.42. The Kier molecular flexibility index (Phi) is 5.26. The van der Waals surface area contributed by atoms with Crippen molar-refractivity contribution in [3.63, 3.8) is 0 Å². The number of hydrogen-bond donors (Lipinski definition) is 1. The summed E-state index contributed by atoms with van der Waals surface area (Å²) >= 11 is 6.10. The molecule has 1 unspecified atom stereocenters. The van der Waals surface area contributed by atoms with Crippen molar-refractivity contribution < 1.29 is 4.79 Å². The number of para-hydroxylation sites is 1. The van der Waals surface area contributed by atoms with Crippen molar-refractivity contribution in [2.45, 2.75) is 6.04 Å². The number of aromatic nitrogens is 2. The summed E-state index contributed by atoms with van der Waals surface area (Å²) in [5.74, 6) is 0. The number of nitrogens with one attached hydrogen (secondary N) is 1. The summed E-state index contributed by atoms with van der Waals surface area (Å²) in [5.41, 5.74) is 1.87. The van der Waals surface area contributed by atoms with E-state index in [4.69, 9.17) is 11.6 Å². The Balaban J connectivity index is 1.86. The topological polar surface area (TPSA) is 64.0 Å². The van der Waals surface area contributed by atoms with Gasteiger partial charge < -0.3 is 10.1 Å². The third-order valence-electron chi connectivity index (χ3n) is 3.74. The minimum absolute atomic E-state index is 0.207. The highest BCUT2D eigenvalue weighted by atomic mass is 35.5. The minimum atomic E-state index is -0.743. The maximum atomic E-state index is 12.2. The molecular formula is C19H16ClN3O2. The first-order valence-electron chi connectivity index (χ1n) is 7.78. The van der Waals surface area contributed by atoms with Gasteiger partial charge in [-0.05, 0) is 18.2 Å².